The molecule has 0 radical (unpaired) electrons. The highest BCUT2D eigenvalue weighted by atomic mass is 19.1. The Kier molecular flexibility index (Phi) is 7.60. The molecule has 176 valence electrons. The third-order valence-corrected chi connectivity index (χ3v) is 6.70. The summed E-state index contributed by atoms with van der Waals surface area (Å²) in [6, 6.07) is 12.5. The molecule has 2 aliphatic heterocycles. The van der Waals surface area contributed by atoms with E-state index < -0.39 is 11.8 Å². The highest BCUT2D eigenvalue weighted by Gasteiger charge is 2.25. The van der Waals surface area contributed by atoms with Crippen molar-refractivity contribution in [3.05, 3.63) is 65.0 Å². The van der Waals surface area contributed by atoms with Crippen LogP contribution in [0.2, 0.25) is 0 Å². The number of fused-ring (bicyclic) bond motifs is 1. The third-order valence-electron chi connectivity index (χ3n) is 6.70. The van der Waals surface area contributed by atoms with E-state index in [1.807, 2.05) is 0 Å². The fourth-order valence-electron chi connectivity index (χ4n) is 4.83. The Hall–Kier alpha value is -2.93. The minimum absolute atomic E-state index is 0.0386. The molecule has 0 bridgehead atoms. The van der Waals surface area contributed by atoms with Crippen LogP contribution in [0.4, 0.5) is 10.1 Å². The van der Waals surface area contributed by atoms with Gasteiger partial charge in [-0.15, -0.1) is 0 Å². The first kappa shape index (κ1) is 23.2. The summed E-state index contributed by atoms with van der Waals surface area (Å²) >= 11 is 0. The Balaban J connectivity index is 1.40. The van der Waals surface area contributed by atoms with Crippen molar-refractivity contribution in [1.82, 2.24) is 15.5 Å². The van der Waals surface area contributed by atoms with Gasteiger partial charge < -0.3 is 15.5 Å². The molecule has 0 aromatic heterocycles. The third kappa shape index (κ3) is 5.90. The van der Waals surface area contributed by atoms with E-state index >= 15 is 0 Å². The number of amides is 2. The minimum Gasteiger partial charge on any atom is -0.374 e. The van der Waals surface area contributed by atoms with E-state index in [2.05, 4.69) is 45.7 Å². The molecule has 6 nitrogen and oxygen atoms in total. The Morgan fingerprint density at radius 3 is 2.42 bits per heavy atom. The molecule has 0 saturated carbocycles. The maximum atomic E-state index is 13.0. The van der Waals surface area contributed by atoms with E-state index in [9.17, 15) is 14.0 Å². The minimum atomic E-state index is -0.677. The van der Waals surface area contributed by atoms with Gasteiger partial charge in [0, 0.05) is 32.4 Å². The molecule has 2 amide bonds. The monoisotopic (exact) mass is 452 g/mol. The zero-order valence-corrected chi connectivity index (χ0v) is 19.3. The van der Waals surface area contributed by atoms with Crippen molar-refractivity contribution in [2.75, 3.05) is 38.1 Å². The van der Waals surface area contributed by atoms with E-state index in [1.165, 1.54) is 35.4 Å². The number of likely N-dealkylation sites (tertiary alicyclic amines) is 1. The molecule has 2 aromatic carbocycles. The molecule has 4 rings (SSSR count). The summed E-state index contributed by atoms with van der Waals surface area (Å²) in [7, 11) is 2.13. The topological polar surface area (TPSA) is 64.7 Å². The maximum Gasteiger partial charge on any atom is 0.309 e. The van der Waals surface area contributed by atoms with Crippen LogP contribution in [-0.4, -0.2) is 49.9 Å². The number of halogens is 1. The Morgan fingerprint density at radius 1 is 0.939 bits per heavy atom. The fourth-order valence-corrected chi connectivity index (χ4v) is 4.83. The lowest BCUT2D eigenvalue weighted by atomic mass is 9.95. The Bertz CT molecular complexity index is 973. The van der Waals surface area contributed by atoms with Gasteiger partial charge in [0.05, 0.1) is 6.04 Å². The van der Waals surface area contributed by atoms with Crippen LogP contribution in [0.1, 0.15) is 48.4 Å². The average molecular weight is 453 g/mol. The van der Waals surface area contributed by atoms with Crippen LogP contribution >= 0.6 is 0 Å². The summed E-state index contributed by atoms with van der Waals surface area (Å²) in [5, 5.41) is 5.46. The lowest BCUT2D eigenvalue weighted by Crippen LogP contribution is -2.45. The van der Waals surface area contributed by atoms with Gasteiger partial charge in [-0.2, -0.15) is 0 Å². The molecule has 0 spiro atoms. The van der Waals surface area contributed by atoms with Crippen molar-refractivity contribution in [1.29, 1.82) is 0 Å². The summed E-state index contributed by atoms with van der Waals surface area (Å²) in [6.07, 6.45) is 5.74. The van der Waals surface area contributed by atoms with Gasteiger partial charge in [0.2, 0.25) is 0 Å². The molecule has 33 heavy (non-hydrogen) atoms. The molecule has 2 aromatic rings. The second kappa shape index (κ2) is 10.8. The second-order valence-corrected chi connectivity index (χ2v) is 9.04. The molecule has 2 aliphatic rings. The van der Waals surface area contributed by atoms with Crippen molar-refractivity contribution < 1.29 is 14.0 Å². The average Bonchev–Trinajstić information content (AvgIpc) is 2.84. The normalized spacial score (nSPS) is 17.2. The summed E-state index contributed by atoms with van der Waals surface area (Å²) in [5.41, 5.74) is 4.57. The molecule has 1 atom stereocenters. The van der Waals surface area contributed by atoms with Crippen LogP contribution in [0.25, 0.3) is 0 Å². The summed E-state index contributed by atoms with van der Waals surface area (Å²) in [6.45, 7) is 3.63. The van der Waals surface area contributed by atoms with Crippen molar-refractivity contribution in [3.63, 3.8) is 0 Å². The number of nitrogens with one attached hydrogen (secondary N) is 2. The summed E-state index contributed by atoms with van der Waals surface area (Å²) in [5.74, 6) is -1.65. The quantitative estimate of drug-likeness (QED) is 0.661. The Labute approximate surface area is 195 Å². The van der Waals surface area contributed by atoms with Crippen molar-refractivity contribution >= 4 is 17.5 Å². The van der Waals surface area contributed by atoms with Gasteiger partial charge in [-0.25, -0.2) is 4.39 Å². The molecule has 1 fully saturated rings. The van der Waals surface area contributed by atoms with Gasteiger partial charge in [-0.3, -0.25) is 14.5 Å². The predicted molar refractivity (Wildman–Crippen MR) is 127 cm³/mol. The lowest BCUT2D eigenvalue weighted by Gasteiger charge is -2.36. The van der Waals surface area contributed by atoms with Gasteiger partial charge in [0.15, 0.2) is 0 Å². The summed E-state index contributed by atoms with van der Waals surface area (Å²) < 4.78 is 13.0. The standard InChI is InChI=1S/C26H33FN4O2/c1-30-13-5-6-20-16-21(9-12-23(20)30)24(31-14-3-2-4-15-31)18-29-26(33)25(32)28-17-19-7-10-22(27)11-8-19/h7-12,16,24H,2-6,13-15,17-18H2,1H3,(H,28,32)(H,29,33)/t24-/m0/s1. The number of hydrogen-bond donors (Lipinski definition) is 2. The fraction of sp³-hybridized carbons (Fsp3) is 0.462. The van der Waals surface area contributed by atoms with Gasteiger partial charge in [-0.1, -0.05) is 30.7 Å². The van der Waals surface area contributed by atoms with E-state index in [0.717, 1.165) is 50.9 Å². The van der Waals surface area contributed by atoms with E-state index in [-0.39, 0.29) is 18.4 Å². The smallest absolute Gasteiger partial charge is 0.309 e. The number of aryl methyl sites for hydroxylation is 1. The Morgan fingerprint density at radius 2 is 1.67 bits per heavy atom. The van der Waals surface area contributed by atoms with Gasteiger partial charge >= 0.3 is 11.8 Å². The summed E-state index contributed by atoms with van der Waals surface area (Å²) in [4.78, 5) is 29.5. The largest absolute Gasteiger partial charge is 0.374 e. The number of piperidine rings is 1. The maximum absolute atomic E-state index is 13.0. The SMILES string of the molecule is CN1CCCc2cc([C@H](CNC(=O)C(=O)NCc3ccc(F)cc3)N3CCCCC3)ccc21. The highest BCUT2D eigenvalue weighted by molar-refractivity contribution is 6.35. The molecule has 0 unspecified atom stereocenters. The van der Waals surface area contributed by atoms with E-state index in [4.69, 9.17) is 0 Å². The van der Waals surface area contributed by atoms with Gasteiger partial charge in [0.1, 0.15) is 5.82 Å². The number of carbonyl (C=O) groups is 2. The zero-order chi connectivity index (χ0) is 23.2. The number of carbonyl (C=O) groups excluding carboxylic acids is 2. The van der Waals surface area contributed by atoms with Crippen LogP contribution in [0.15, 0.2) is 42.5 Å². The van der Waals surface area contributed by atoms with Crippen molar-refractivity contribution in [2.45, 2.75) is 44.7 Å². The van der Waals surface area contributed by atoms with Crippen LogP contribution < -0.4 is 15.5 Å². The second-order valence-electron chi connectivity index (χ2n) is 9.04. The first-order chi connectivity index (χ1) is 16.0. The van der Waals surface area contributed by atoms with Crippen molar-refractivity contribution in [3.8, 4) is 0 Å². The molecule has 2 heterocycles. The predicted octanol–water partition coefficient (Wildman–Crippen LogP) is 3.17. The highest BCUT2D eigenvalue weighted by Crippen LogP contribution is 2.31. The molecular weight excluding hydrogens is 419 g/mol. The molecule has 7 heteroatoms. The van der Waals surface area contributed by atoms with E-state index in [1.54, 1.807) is 12.1 Å². The van der Waals surface area contributed by atoms with E-state index in [0.29, 0.717) is 6.54 Å². The molecular formula is C26H33FN4O2. The zero-order valence-electron chi connectivity index (χ0n) is 19.3. The number of anilines is 1. The number of nitrogens with zero attached hydrogens (tertiary/aromatic N) is 2. The van der Waals surface area contributed by atoms with Gasteiger partial charge in [0.25, 0.3) is 0 Å². The lowest BCUT2D eigenvalue weighted by molar-refractivity contribution is -0.139. The van der Waals surface area contributed by atoms with Crippen LogP contribution in [0.3, 0.4) is 0 Å². The van der Waals surface area contributed by atoms with Crippen molar-refractivity contribution in [2.24, 2.45) is 0 Å². The van der Waals surface area contributed by atoms with Crippen LogP contribution in [0, 0.1) is 5.82 Å². The molecule has 0 aliphatic carbocycles. The number of benzene rings is 2. The molecule has 1 saturated heterocycles. The first-order valence-electron chi connectivity index (χ1n) is 11.9. The van der Waals surface area contributed by atoms with Gasteiger partial charge in [-0.05, 0) is 73.7 Å². The first-order valence-corrected chi connectivity index (χ1v) is 11.9. The van der Waals surface area contributed by atoms with Crippen LogP contribution in [0.5, 0.6) is 0 Å². The number of hydrogen-bond acceptors (Lipinski definition) is 4. The van der Waals surface area contributed by atoms with Crippen LogP contribution in [-0.2, 0) is 22.6 Å². The number of rotatable bonds is 6. The molecule has 2 N–H and O–H groups in total.